The fourth-order valence-corrected chi connectivity index (χ4v) is 5.06. The van der Waals surface area contributed by atoms with Gasteiger partial charge in [-0.05, 0) is 73.2 Å². The molecule has 1 heterocycles. The summed E-state index contributed by atoms with van der Waals surface area (Å²) in [5.74, 6) is -0.170. The van der Waals surface area contributed by atoms with Crippen LogP contribution in [0.2, 0.25) is 0 Å². The number of nitrogens with one attached hydrogen (secondary N) is 1. The molecule has 0 unspecified atom stereocenters. The molecule has 34 heavy (non-hydrogen) atoms. The number of ether oxygens (including phenoxy) is 1. The zero-order valence-electron chi connectivity index (χ0n) is 19.2. The van der Waals surface area contributed by atoms with Crippen LogP contribution in [0, 0.1) is 5.82 Å². The first-order chi connectivity index (χ1) is 16.5. The minimum Gasteiger partial charge on any atom is -0.494 e. The van der Waals surface area contributed by atoms with Crippen molar-refractivity contribution in [2.75, 3.05) is 11.5 Å². The number of hydrogen-bond donors (Lipinski definition) is 1. The van der Waals surface area contributed by atoms with Gasteiger partial charge in [-0.3, -0.25) is 14.5 Å². The summed E-state index contributed by atoms with van der Waals surface area (Å²) in [7, 11) is 0. The molecule has 4 rings (SSSR count). The van der Waals surface area contributed by atoms with Gasteiger partial charge in [0.2, 0.25) is 11.8 Å². The molecule has 1 N–H and O–H groups in total. The van der Waals surface area contributed by atoms with Gasteiger partial charge in [-0.15, -0.1) is 11.3 Å². The molecule has 1 saturated carbocycles. The molecule has 0 saturated heterocycles. The monoisotopic (exact) mass is 480 g/mol. The minimum absolute atomic E-state index is 0.0880. The van der Waals surface area contributed by atoms with Crippen molar-refractivity contribution in [1.29, 1.82) is 0 Å². The summed E-state index contributed by atoms with van der Waals surface area (Å²) in [5.41, 5.74) is 1.14. The molecule has 2 amide bonds. The number of benzene rings is 2. The summed E-state index contributed by atoms with van der Waals surface area (Å²) in [5, 5.41) is 5.06. The van der Waals surface area contributed by atoms with E-state index >= 15 is 0 Å². The molecule has 1 fully saturated rings. The average molecular weight is 481 g/mol. The molecule has 2 aromatic carbocycles. The molecule has 1 aliphatic carbocycles. The van der Waals surface area contributed by atoms with Gasteiger partial charge in [0.05, 0.1) is 13.0 Å². The molecule has 1 aromatic heterocycles. The van der Waals surface area contributed by atoms with Crippen LogP contribution in [0.1, 0.15) is 49.1 Å². The molecule has 5 nitrogen and oxygen atoms in total. The second-order valence-electron chi connectivity index (χ2n) is 8.39. The molecule has 1 atom stereocenters. The third-order valence-electron chi connectivity index (χ3n) is 5.99. The lowest BCUT2D eigenvalue weighted by Crippen LogP contribution is -2.46. The smallest absolute Gasteiger partial charge is 0.248 e. The Kier molecular flexibility index (Phi) is 7.95. The summed E-state index contributed by atoms with van der Waals surface area (Å²) in [6.07, 6.45) is 4.17. The highest BCUT2D eigenvalue weighted by atomic mass is 32.1. The SMILES string of the molecule is CCOc1ccc(N(C(=O)Cc2cccs2)[C@@H](C(=O)NC2CCCC2)c2ccc(F)cc2)cc1. The van der Waals surface area contributed by atoms with Crippen molar-refractivity contribution in [3.05, 3.63) is 82.3 Å². The van der Waals surface area contributed by atoms with Crippen molar-refractivity contribution < 1.29 is 18.7 Å². The summed E-state index contributed by atoms with van der Waals surface area (Å²) < 4.78 is 19.3. The number of rotatable bonds is 9. The fourth-order valence-electron chi connectivity index (χ4n) is 4.37. The molecule has 3 aromatic rings. The molecule has 0 radical (unpaired) electrons. The molecule has 7 heteroatoms. The maximum absolute atomic E-state index is 13.7. The number of hydrogen-bond acceptors (Lipinski definition) is 4. The normalized spacial score (nSPS) is 14.5. The molecule has 0 aliphatic heterocycles. The van der Waals surface area contributed by atoms with Gasteiger partial charge in [-0.2, -0.15) is 0 Å². The van der Waals surface area contributed by atoms with Crippen molar-refractivity contribution >= 4 is 28.8 Å². The van der Waals surface area contributed by atoms with E-state index < -0.39 is 11.9 Å². The molecule has 0 spiro atoms. The lowest BCUT2D eigenvalue weighted by atomic mass is 10.0. The standard InChI is InChI=1S/C27H29FN2O3S/c1-2-33-23-15-13-22(14-16-23)30(25(31)18-24-8-5-17-34-24)26(19-9-11-20(28)12-10-19)27(32)29-21-6-3-4-7-21/h5,8-17,21,26H,2-4,6-7,18H2,1H3,(H,29,32)/t26-/m1/s1. The molecular weight excluding hydrogens is 451 g/mol. The zero-order chi connectivity index (χ0) is 23.9. The number of halogens is 1. The second kappa shape index (κ2) is 11.3. The van der Waals surface area contributed by atoms with Gasteiger partial charge in [-0.25, -0.2) is 4.39 Å². The Morgan fingerprint density at radius 1 is 1.09 bits per heavy atom. The Labute approximate surface area is 203 Å². The Morgan fingerprint density at radius 2 is 1.79 bits per heavy atom. The third kappa shape index (κ3) is 5.83. The number of nitrogens with zero attached hydrogens (tertiary/aromatic N) is 1. The number of carbonyl (C=O) groups excluding carboxylic acids is 2. The van der Waals surface area contributed by atoms with Gasteiger partial charge < -0.3 is 10.1 Å². The summed E-state index contributed by atoms with van der Waals surface area (Å²) in [6, 6.07) is 15.9. The van der Waals surface area contributed by atoms with Crippen LogP contribution in [-0.4, -0.2) is 24.5 Å². The molecular formula is C27H29FN2O3S. The van der Waals surface area contributed by atoms with Crippen LogP contribution >= 0.6 is 11.3 Å². The van der Waals surface area contributed by atoms with Gasteiger partial charge >= 0.3 is 0 Å². The van der Waals surface area contributed by atoms with Crippen LogP contribution in [0.25, 0.3) is 0 Å². The maximum atomic E-state index is 13.7. The lowest BCUT2D eigenvalue weighted by molar-refractivity contribution is -0.127. The van der Waals surface area contributed by atoms with E-state index in [1.165, 1.54) is 28.4 Å². The Hall–Kier alpha value is -3.19. The second-order valence-corrected chi connectivity index (χ2v) is 9.42. The van der Waals surface area contributed by atoms with Crippen LogP contribution in [0.3, 0.4) is 0 Å². The number of amides is 2. The highest BCUT2D eigenvalue weighted by Crippen LogP contribution is 2.31. The van der Waals surface area contributed by atoms with Crippen LogP contribution < -0.4 is 15.0 Å². The fraction of sp³-hybridized carbons (Fsp3) is 0.333. The summed E-state index contributed by atoms with van der Waals surface area (Å²) in [6.45, 7) is 2.44. The predicted octanol–water partition coefficient (Wildman–Crippen LogP) is 5.66. The van der Waals surface area contributed by atoms with Crippen molar-refractivity contribution in [2.24, 2.45) is 0 Å². The predicted molar refractivity (Wildman–Crippen MR) is 133 cm³/mol. The van der Waals surface area contributed by atoms with Gasteiger partial charge in [-0.1, -0.05) is 31.0 Å². The highest BCUT2D eigenvalue weighted by molar-refractivity contribution is 7.10. The van der Waals surface area contributed by atoms with Crippen molar-refractivity contribution in [3.8, 4) is 5.75 Å². The number of anilines is 1. The molecule has 178 valence electrons. The van der Waals surface area contributed by atoms with E-state index in [2.05, 4.69) is 5.32 Å². The minimum atomic E-state index is -0.924. The van der Waals surface area contributed by atoms with Gasteiger partial charge in [0.25, 0.3) is 0 Å². The summed E-state index contributed by atoms with van der Waals surface area (Å²) in [4.78, 5) is 29.8. The Balaban J connectivity index is 1.74. The van der Waals surface area contributed by atoms with Gasteiger partial charge in [0, 0.05) is 16.6 Å². The first-order valence-electron chi connectivity index (χ1n) is 11.7. The van der Waals surface area contributed by atoms with Crippen LogP contribution in [0.4, 0.5) is 10.1 Å². The van der Waals surface area contributed by atoms with Crippen molar-refractivity contribution in [2.45, 2.75) is 51.1 Å². The lowest BCUT2D eigenvalue weighted by Gasteiger charge is -2.32. The van der Waals surface area contributed by atoms with E-state index in [9.17, 15) is 14.0 Å². The topological polar surface area (TPSA) is 58.6 Å². The van der Waals surface area contributed by atoms with Crippen molar-refractivity contribution in [1.82, 2.24) is 5.32 Å². The quantitative estimate of drug-likeness (QED) is 0.430. The number of carbonyl (C=O) groups is 2. The summed E-state index contributed by atoms with van der Waals surface area (Å²) >= 11 is 1.50. The van der Waals surface area contributed by atoms with Gasteiger partial charge in [0.1, 0.15) is 17.6 Å². The van der Waals surface area contributed by atoms with Crippen LogP contribution in [0.15, 0.2) is 66.0 Å². The van der Waals surface area contributed by atoms with E-state index in [-0.39, 0.29) is 24.3 Å². The van der Waals surface area contributed by atoms with Crippen LogP contribution in [0.5, 0.6) is 5.75 Å². The number of thiophene rings is 1. The average Bonchev–Trinajstić information content (AvgIpc) is 3.53. The maximum Gasteiger partial charge on any atom is 0.248 e. The van der Waals surface area contributed by atoms with Crippen LogP contribution in [-0.2, 0) is 16.0 Å². The first-order valence-corrected chi connectivity index (χ1v) is 12.6. The van der Waals surface area contributed by atoms with E-state index in [0.29, 0.717) is 23.6 Å². The van der Waals surface area contributed by atoms with E-state index in [1.54, 1.807) is 36.4 Å². The van der Waals surface area contributed by atoms with Crippen molar-refractivity contribution in [3.63, 3.8) is 0 Å². The van der Waals surface area contributed by atoms with E-state index in [4.69, 9.17) is 4.74 Å². The Morgan fingerprint density at radius 3 is 2.41 bits per heavy atom. The molecule has 1 aliphatic rings. The zero-order valence-corrected chi connectivity index (χ0v) is 20.0. The Bertz CT molecular complexity index is 1080. The van der Waals surface area contributed by atoms with Gasteiger partial charge in [0.15, 0.2) is 0 Å². The first kappa shape index (κ1) is 24.0. The van der Waals surface area contributed by atoms with E-state index in [0.717, 1.165) is 30.6 Å². The molecule has 0 bridgehead atoms. The van der Waals surface area contributed by atoms with E-state index in [1.807, 2.05) is 24.4 Å². The highest BCUT2D eigenvalue weighted by Gasteiger charge is 2.34. The largest absolute Gasteiger partial charge is 0.494 e. The third-order valence-corrected chi connectivity index (χ3v) is 6.87.